The molecule has 0 radical (unpaired) electrons. The van der Waals surface area contributed by atoms with Gasteiger partial charge >= 0.3 is 5.76 Å². The van der Waals surface area contributed by atoms with Gasteiger partial charge in [0.2, 0.25) is 0 Å². The highest BCUT2D eigenvalue weighted by Gasteiger charge is 2.25. The number of amides is 1. The van der Waals surface area contributed by atoms with Gasteiger partial charge in [0.05, 0.1) is 10.4 Å². The van der Waals surface area contributed by atoms with Gasteiger partial charge in [0.15, 0.2) is 5.58 Å². The lowest BCUT2D eigenvalue weighted by atomic mass is 10.1. The lowest BCUT2D eigenvalue weighted by Gasteiger charge is -2.15. The summed E-state index contributed by atoms with van der Waals surface area (Å²) in [7, 11) is 0. The Balaban J connectivity index is 2.67. The Morgan fingerprint density at radius 1 is 1.57 bits per heavy atom. The molecule has 0 aliphatic heterocycles. The second kappa shape index (κ2) is 5.75. The molecule has 1 aromatic carbocycles. The van der Waals surface area contributed by atoms with Crippen LogP contribution in [0.3, 0.4) is 0 Å². The molecule has 112 valence electrons. The van der Waals surface area contributed by atoms with Crippen LogP contribution in [0.15, 0.2) is 27.4 Å². The summed E-state index contributed by atoms with van der Waals surface area (Å²) in [4.78, 5) is 34.1. The molecule has 0 saturated heterocycles. The number of oxazole rings is 1. The van der Waals surface area contributed by atoms with E-state index in [4.69, 9.17) is 10.3 Å². The van der Waals surface area contributed by atoms with E-state index in [1.807, 2.05) is 12.3 Å². The first kappa shape index (κ1) is 14.7. The van der Waals surface area contributed by atoms with Gasteiger partial charge in [-0.25, -0.2) is 10.6 Å². The van der Waals surface area contributed by atoms with Crippen molar-refractivity contribution in [1.29, 1.82) is 0 Å². The predicted molar refractivity (Wildman–Crippen MR) is 73.4 cm³/mol. The quantitative estimate of drug-likeness (QED) is 0.363. The highest BCUT2D eigenvalue weighted by molar-refractivity contribution is 5.83. The van der Waals surface area contributed by atoms with Crippen LogP contribution in [0.4, 0.5) is 5.69 Å². The van der Waals surface area contributed by atoms with Crippen molar-refractivity contribution in [1.82, 2.24) is 9.99 Å². The van der Waals surface area contributed by atoms with Crippen molar-refractivity contribution >= 4 is 22.7 Å². The van der Waals surface area contributed by atoms with Crippen LogP contribution in [0.5, 0.6) is 0 Å². The van der Waals surface area contributed by atoms with Crippen LogP contribution < -0.4 is 17.0 Å². The molecule has 1 atom stereocenters. The summed E-state index contributed by atoms with van der Waals surface area (Å²) in [5.41, 5.74) is 2.17. The van der Waals surface area contributed by atoms with Crippen molar-refractivity contribution in [2.75, 3.05) is 0 Å². The number of hydrogen-bond donors (Lipinski definition) is 2. The smallest absolute Gasteiger partial charge is 0.408 e. The summed E-state index contributed by atoms with van der Waals surface area (Å²) in [5, 5.41) is 10.8. The first-order chi connectivity index (χ1) is 9.99. The highest BCUT2D eigenvalue weighted by Crippen LogP contribution is 2.24. The van der Waals surface area contributed by atoms with Crippen molar-refractivity contribution in [3.63, 3.8) is 0 Å². The Bertz CT molecular complexity index is 748. The maximum absolute atomic E-state index is 12.0. The summed E-state index contributed by atoms with van der Waals surface area (Å²) < 4.78 is 6.11. The van der Waals surface area contributed by atoms with E-state index < -0.39 is 22.6 Å². The molecule has 0 bridgehead atoms. The molecule has 1 unspecified atom stereocenters. The van der Waals surface area contributed by atoms with Gasteiger partial charge in [0.1, 0.15) is 6.04 Å². The molecule has 9 nitrogen and oxygen atoms in total. The molecule has 9 heteroatoms. The number of hydrazine groups is 1. The summed E-state index contributed by atoms with van der Waals surface area (Å²) in [5.74, 6) is 3.81. The molecule has 0 spiro atoms. The molecule has 21 heavy (non-hydrogen) atoms. The van der Waals surface area contributed by atoms with E-state index in [0.717, 1.165) is 4.57 Å². The molecule has 2 aromatic rings. The third-order valence-electron chi connectivity index (χ3n) is 3.13. The van der Waals surface area contributed by atoms with E-state index in [2.05, 4.69) is 0 Å². The zero-order valence-electron chi connectivity index (χ0n) is 11.2. The molecule has 0 aliphatic rings. The summed E-state index contributed by atoms with van der Waals surface area (Å²) in [6.45, 7) is 1.84. The normalized spacial score (nSPS) is 12.3. The minimum atomic E-state index is -0.879. The van der Waals surface area contributed by atoms with Crippen LogP contribution in [0.2, 0.25) is 0 Å². The SMILES string of the molecule is CCCC(C(=O)NN)n1c(=O)oc2ccc([N+](=O)[O-])cc21. The zero-order chi connectivity index (χ0) is 15.6. The van der Waals surface area contributed by atoms with E-state index >= 15 is 0 Å². The Morgan fingerprint density at radius 2 is 2.29 bits per heavy atom. The standard InChI is InChI=1S/C12H14N4O5/c1-2-3-8(11(17)14-13)15-9-6-7(16(19)20)4-5-10(9)21-12(15)18/h4-6,8H,2-3,13H2,1H3,(H,14,17). The number of nitrogens with two attached hydrogens (primary N) is 1. The first-order valence-electron chi connectivity index (χ1n) is 6.29. The van der Waals surface area contributed by atoms with Crippen LogP contribution in [0.1, 0.15) is 25.8 Å². The molecular formula is C12H14N4O5. The Morgan fingerprint density at radius 3 is 2.86 bits per heavy atom. The number of hydrogen-bond acceptors (Lipinski definition) is 6. The van der Waals surface area contributed by atoms with Crippen LogP contribution in [-0.4, -0.2) is 15.4 Å². The average molecular weight is 294 g/mol. The number of rotatable bonds is 5. The van der Waals surface area contributed by atoms with Crippen molar-refractivity contribution in [2.45, 2.75) is 25.8 Å². The monoisotopic (exact) mass is 294 g/mol. The number of nitro groups is 1. The van der Waals surface area contributed by atoms with Crippen LogP contribution in [-0.2, 0) is 4.79 Å². The Hall–Kier alpha value is -2.68. The van der Waals surface area contributed by atoms with Gasteiger partial charge in [0.25, 0.3) is 11.6 Å². The topological polar surface area (TPSA) is 133 Å². The van der Waals surface area contributed by atoms with Crippen molar-refractivity contribution in [3.05, 3.63) is 38.9 Å². The van der Waals surface area contributed by atoms with Gasteiger partial charge in [-0.2, -0.15) is 0 Å². The van der Waals surface area contributed by atoms with E-state index in [1.54, 1.807) is 0 Å². The molecule has 1 amide bonds. The molecular weight excluding hydrogens is 280 g/mol. The lowest BCUT2D eigenvalue weighted by molar-refractivity contribution is -0.384. The van der Waals surface area contributed by atoms with E-state index in [9.17, 15) is 19.7 Å². The number of non-ortho nitro benzene ring substituents is 1. The maximum atomic E-state index is 12.0. The van der Waals surface area contributed by atoms with E-state index in [1.165, 1.54) is 18.2 Å². The third kappa shape index (κ3) is 2.63. The fourth-order valence-electron chi connectivity index (χ4n) is 2.18. The third-order valence-corrected chi connectivity index (χ3v) is 3.13. The zero-order valence-corrected chi connectivity index (χ0v) is 11.2. The number of nitrogens with zero attached hydrogens (tertiary/aromatic N) is 2. The molecule has 1 aromatic heterocycles. The minimum Gasteiger partial charge on any atom is -0.408 e. The number of carbonyl (C=O) groups is 1. The fourth-order valence-corrected chi connectivity index (χ4v) is 2.18. The van der Waals surface area contributed by atoms with Crippen LogP contribution in [0.25, 0.3) is 11.1 Å². The summed E-state index contributed by atoms with van der Waals surface area (Å²) >= 11 is 0. The lowest BCUT2D eigenvalue weighted by Crippen LogP contribution is -2.39. The van der Waals surface area contributed by atoms with Gasteiger partial charge < -0.3 is 4.42 Å². The van der Waals surface area contributed by atoms with E-state index in [-0.39, 0.29) is 16.8 Å². The second-order valence-electron chi connectivity index (χ2n) is 4.46. The largest absolute Gasteiger partial charge is 0.420 e. The molecule has 1 heterocycles. The minimum absolute atomic E-state index is 0.177. The van der Waals surface area contributed by atoms with Gasteiger partial charge in [-0.3, -0.25) is 24.9 Å². The summed E-state index contributed by atoms with van der Waals surface area (Å²) in [6.07, 6.45) is 0.965. The number of fused-ring (bicyclic) bond motifs is 1. The molecule has 2 rings (SSSR count). The van der Waals surface area contributed by atoms with Gasteiger partial charge in [-0.15, -0.1) is 0 Å². The average Bonchev–Trinajstić information content (AvgIpc) is 2.78. The second-order valence-corrected chi connectivity index (χ2v) is 4.46. The number of aromatic nitrogens is 1. The van der Waals surface area contributed by atoms with Gasteiger partial charge in [0, 0.05) is 12.1 Å². The van der Waals surface area contributed by atoms with Gasteiger partial charge in [-0.05, 0) is 12.5 Å². The molecule has 0 fully saturated rings. The van der Waals surface area contributed by atoms with Crippen molar-refractivity contribution in [2.24, 2.45) is 5.84 Å². The van der Waals surface area contributed by atoms with E-state index in [0.29, 0.717) is 12.8 Å². The van der Waals surface area contributed by atoms with Crippen molar-refractivity contribution < 1.29 is 14.1 Å². The summed E-state index contributed by atoms with van der Waals surface area (Å²) in [6, 6.07) is 2.88. The predicted octanol–water partition coefficient (Wildman–Crippen LogP) is 0.834. The van der Waals surface area contributed by atoms with Crippen LogP contribution in [0, 0.1) is 10.1 Å². The fraction of sp³-hybridized carbons (Fsp3) is 0.333. The number of carbonyl (C=O) groups excluding carboxylic acids is 1. The molecule has 0 aliphatic carbocycles. The molecule has 0 saturated carbocycles. The van der Waals surface area contributed by atoms with Crippen molar-refractivity contribution in [3.8, 4) is 0 Å². The first-order valence-corrected chi connectivity index (χ1v) is 6.29. The number of benzene rings is 1. The van der Waals surface area contributed by atoms with Crippen LogP contribution >= 0.6 is 0 Å². The van der Waals surface area contributed by atoms with Gasteiger partial charge in [-0.1, -0.05) is 13.3 Å². The highest BCUT2D eigenvalue weighted by atomic mass is 16.6. The maximum Gasteiger partial charge on any atom is 0.420 e. The molecule has 3 N–H and O–H groups in total. The Kier molecular flexibility index (Phi) is 4.03. The number of nitrogens with one attached hydrogen (secondary N) is 1. The number of nitro benzene ring substituents is 1. The Labute approximate surface area is 118 Å².